The lowest BCUT2D eigenvalue weighted by Gasteiger charge is -2.12. The summed E-state index contributed by atoms with van der Waals surface area (Å²) in [6, 6.07) is 0.712. The molecule has 0 atom stereocenters. The third-order valence-electron chi connectivity index (χ3n) is 2.17. The molecule has 0 fully saturated rings. The molecule has 0 spiro atoms. The van der Waals surface area contributed by atoms with E-state index in [1.165, 1.54) is 0 Å². The molecule has 8 nitrogen and oxygen atoms in total. The van der Waals surface area contributed by atoms with Crippen LogP contribution in [0.2, 0.25) is 0 Å². The minimum absolute atomic E-state index is 0.452. The molecule has 0 aliphatic heterocycles. The fourth-order valence-electron chi connectivity index (χ4n) is 1.34. The Balaban J connectivity index is 3.36. The summed E-state index contributed by atoms with van der Waals surface area (Å²) in [6.07, 6.45) is -5.77. The monoisotopic (exact) mass is 310 g/mol. The standard InChI is InChI=1S/C10H9F3N2O6/c1-19-7(16)4-5-3-6(15(17)18)9(20-2)14-8(5)21-10(11,12)13/h3H,4H2,1-2H3. The Morgan fingerprint density at radius 3 is 2.43 bits per heavy atom. The van der Waals surface area contributed by atoms with E-state index < -0.39 is 46.7 Å². The van der Waals surface area contributed by atoms with Crippen LogP contribution in [0.15, 0.2) is 6.07 Å². The Morgan fingerprint density at radius 1 is 1.38 bits per heavy atom. The van der Waals surface area contributed by atoms with E-state index in [2.05, 4.69) is 19.2 Å². The van der Waals surface area contributed by atoms with Crippen LogP contribution >= 0.6 is 0 Å². The highest BCUT2D eigenvalue weighted by molar-refractivity contribution is 5.73. The van der Waals surface area contributed by atoms with Gasteiger partial charge in [-0.1, -0.05) is 0 Å². The van der Waals surface area contributed by atoms with Gasteiger partial charge in [-0.2, -0.15) is 4.98 Å². The smallest absolute Gasteiger partial charge is 0.476 e. The molecule has 0 aromatic carbocycles. The number of esters is 1. The quantitative estimate of drug-likeness (QED) is 0.462. The Bertz CT molecular complexity index is 560. The van der Waals surface area contributed by atoms with Crippen molar-refractivity contribution in [2.75, 3.05) is 14.2 Å². The number of rotatable bonds is 5. The molecule has 11 heteroatoms. The Kier molecular flexibility index (Phi) is 4.89. The molecular formula is C10H9F3N2O6. The number of methoxy groups -OCH3 is 2. The van der Waals surface area contributed by atoms with Crippen LogP contribution in [0, 0.1) is 10.1 Å². The van der Waals surface area contributed by atoms with Gasteiger partial charge in [0.15, 0.2) is 0 Å². The van der Waals surface area contributed by atoms with Crippen LogP contribution in [0.5, 0.6) is 11.8 Å². The molecule has 1 aromatic heterocycles. The molecule has 0 aliphatic carbocycles. The number of aromatic nitrogens is 1. The molecule has 1 aromatic rings. The highest BCUT2D eigenvalue weighted by Gasteiger charge is 2.35. The molecule has 0 N–H and O–H groups in total. The first-order valence-electron chi connectivity index (χ1n) is 5.22. The Labute approximate surface area is 115 Å². The molecule has 21 heavy (non-hydrogen) atoms. The number of pyridine rings is 1. The topological polar surface area (TPSA) is 101 Å². The number of carbonyl (C=O) groups is 1. The molecule has 1 heterocycles. The Hall–Kier alpha value is -2.59. The zero-order valence-corrected chi connectivity index (χ0v) is 10.8. The third kappa shape index (κ3) is 4.47. The minimum atomic E-state index is -5.08. The summed E-state index contributed by atoms with van der Waals surface area (Å²) in [6.45, 7) is 0. The van der Waals surface area contributed by atoms with Gasteiger partial charge in [0, 0.05) is 11.6 Å². The van der Waals surface area contributed by atoms with Crippen LogP contribution in [-0.4, -0.2) is 36.5 Å². The van der Waals surface area contributed by atoms with E-state index in [0.717, 1.165) is 14.2 Å². The summed E-state index contributed by atoms with van der Waals surface area (Å²) >= 11 is 0. The van der Waals surface area contributed by atoms with Gasteiger partial charge in [-0.15, -0.1) is 13.2 Å². The van der Waals surface area contributed by atoms with Gasteiger partial charge < -0.3 is 14.2 Å². The second-order valence-electron chi connectivity index (χ2n) is 3.54. The molecule has 116 valence electrons. The predicted octanol–water partition coefficient (Wildman–Crippen LogP) is 1.61. The highest BCUT2D eigenvalue weighted by Crippen LogP contribution is 2.33. The fourth-order valence-corrected chi connectivity index (χ4v) is 1.34. The molecule has 0 radical (unpaired) electrons. The molecule has 0 saturated carbocycles. The number of hydrogen-bond acceptors (Lipinski definition) is 7. The normalized spacial score (nSPS) is 10.9. The summed E-state index contributed by atoms with van der Waals surface area (Å²) in [5.41, 5.74) is -1.15. The van der Waals surface area contributed by atoms with Gasteiger partial charge in [-0.05, 0) is 0 Å². The van der Waals surface area contributed by atoms with E-state index >= 15 is 0 Å². The van der Waals surface area contributed by atoms with Gasteiger partial charge >= 0.3 is 18.0 Å². The number of nitrogens with zero attached hydrogens (tertiary/aromatic N) is 2. The zero-order valence-electron chi connectivity index (χ0n) is 10.8. The van der Waals surface area contributed by atoms with Gasteiger partial charge in [-0.3, -0.25) is 14.9 Å². The highest BCUT2D eigenvalue weighted by atomic mass is 19.4. The third-order valence-corrected chi connectivity index (χ3v) is 2.17. The molecule has 0 bridgehead atoms. The van der Waals surface area contributed by atoms with Crippen LogP contribution in [0.3, 0.4) is 0 Å². The van der Waals surface area contributed by atoms with Gasteiger partial charge in [0.05, 0.1) is 25.6 Å². The molecular weight excluding hydrogens is 301 g/mol. The van der Waals surface area contributed by atoms with E-state index in [0.29, 0.717) is 6.07 Å². The van der Waals surface area contributed by atoms with Crippen molar-refractivity contribution in [3.05, 3.63) is 21.7 Å². The second-order valence-corrected chi connectivity index (χ2v) is 3.54. The maximum absolute atomic E-state index is 12.3. The summed E-state index contributed by atoms with van der Waals surface area (Å²) in [7, 11) is 2.00. The molecule has 0 unspecified atom stereocenters. The number of alkyl halides is 3. The van der Waals surface area contributed by atoms with Crippen LogP contribution in [-0.2, 0) is 16.0 Å². The predicted molar refractivity (Wildman–Crippen MR) is 59.8 cm³/mol. The van der Waals surface area contributed by atoms with Gasteiger partial charge in [-0.25, -0.2) is 0 Å². The number of nitro groups is 1. The van der Waals surface area contributed by atoms with Crippen LogP contribution < -0.4 is 9.47 Å². The second kappa shape index (κ2) is 6.24. The maximum atomic E-state index is 12.3. The summed E-state index contributed by atoms with van der Waals surface area (Å²) in [4.78, 5) is 24.3. The van der Waals surface area contributed by atoms with Crippen molar-refractivity contribution in [2.24, 2.45) is 0 Å². The van der Waals surface area contributed by atoms with Crippen LogP contribution in [0.25, 0.3) is 0 Å². The van der Waals surface area contributed by atoms with Crippen LogP contribution in [0.4, 0.5) is 18.9 Å². The summed E-state index contributed by atoms with van der Waals surface area (Å²) < 4.78 is 49.3. The van der Waals surface area contributed by atoms with Crippen molar-refractivity contribution in [1.82, 2.24) is 4.98 Å². The lowest BCUT2D eigenvalue weighted by molar-refractivity contribution is -0.386. The first-order chi connectivity index (χ1) is 9.67. The fraction of sp³-hybridized carbons (Fsp3) is 0.400. The number of ether oxygens (including phenoxy) is 3. The summed E-state index contributed by atoms with van der Waals surface area (Å²) in [5, 5.41) is 10.8. The van der Waals surface area contributed by atoms with Crippen molar-refractivity contribution in [2.45, 2.75) is 12.8 Å². The van der Waals surface area contributed by atoms with E-state index in [1.54, 1.807) is 0 Å². The van der Waals surface area contributed by atoms with Gasteiger partial charge in [0.2, 0.25) is 5.88 Å². The first kappa shape index (κ1) is 16.5. The van der Waals surface area contributed by atoms with Crippen molar-refractivity contribution >= 4 is 11.7 Å². The molecule has 0 aliphatic rings. The Morgan fingerprint density at radius 2 is 2.00 bits per heavy atom. The lowest BCUT2D eigenvalue weighted by Crippen LogP contribution is -2.20. The molecule has 1 rings (SSSR count). The van der Waals surface area contributed by atoms with Crippen molar-refractivity contribution < 1.29 is 37.1 Å². The molecule has 0 amide bonds. The van der Waals surface area contributed by atoms with Crippen LogP contribution in [0.1, 0.15) is 5.56 Å². The van der Waals surface area contributed by atoms with Crippen molar-refractivity contribution in [3.8, 4) is 11.8 Å². The summed E-state index contributed by atoms with van der Waals surface area (Å²) in [5.74, 6) is -2.61. The average Bonchev–Trinajstić information content (AvgIpc) is 2.37. The van der Waals surface area contributed by atoms with E-state index in [9.17, 15) is 28.1 Å². The van der Waals surface area contributed by atoms with Gasteiger partial charge in [0.25, 0.3) is 5.88 Å². The zero-order chi connectivity index (χ0) is 16.2. The lowest BCUT2D eigenvalue weighted by atomic mass is 10.2. The van der Waals surface area contributed by atoms with E-state index in [1.807, 2.05) is 0 Å². The average molecular weight is 310 g/mol. The SMILES string of the molecule is COC(=O)Cc1cc([N+](=O)[O-])c(OC)nc1OC(F)(F)F. The maximum Gasteiger partial charge on any atom is 0.574 e. The van der Waals surface area contributed by atoms with E-state index in [4.69, 9.17) is 0 Å². The number of carbonyl (C=O) groups excluding carboxylic acids is 1. The van der Waals surface area contributed by atoms with E-state index in [-0.39, 0.29) is 0 Å². The minimum Gasteiger partial charge on any atom is -0.476 e. The number of halogens is 3. The molecule has 0 saturated heterocycles. The van der Waals surface area contributed by atoms with Gasteiger partial charge in [0.1, 0.15) is 0 Å². The largest absolute Gasteiger partial charge is 0.574 e. The number of hydrogen-bond donors (Lipinski definition) is 0. The van der Waals surface area contributed by atoms with Crippen molar-refractivity contribution in [3.63, 3.8) is 0 Å². The first-order valence-corrected chi connectivity index (χ1v) is 5.22. The van der Waals surface area contributed by atoms with Crippen molar-refractivity contribution in [1.29, 1.82) is 0 Å².